The van der Waals surface area contributed by atoms with E-state index in [2.05, 4.69) is 20.3 Å². The Bertz CT molecular complexity index is 838. The third kappa shape index (κ3) is 5.53. The molecule has 1 N–H and O–H groups in total. The molecule has 0 saturated heterocycles. The van der Waals surface area contributed by atoms with Gasteiger partial charge in [0, 0.05) is 6.20 Å². The standard InChI is InChI=1S/C19H24N4O6/c1-6-11(2)15(18(25)28-5)23-17(24)16-12(8-7-9-20-16)29-19-21-13(26-3)10-14(22-19)27-4/h7-11,15H,6H2,1-5H3,(H,23,24)/t11?,15-/m0/s1. The van der Waals surface area contributed by atoms with Gasteiger partial charge in [-0.15, -0.1) is 0 Å². The summed E-state index contributed by atoms with van der Waals surface area (Å²) < 4.78 is 20.6. The summed E-state index contributed by atoms with van der Waals surface area (Å²) in [5, 5.41) is 2.66. The number of nitrogens with one attached hydrogen (secondary N) is 1. The second-order valence-electron chi connectivity index (χ2n) is 6.05. The highest BCUT2D eigenvalue weighted by molar-refractivity contribution is 5.97. The van der Waals surface area contributed by atoms with Gasteiger partial charge in [0.25, 0.3) is 5.91 Å². The molecule has 2 aromatic heterocycles. The van der Waals surface area contributed by atoms with Crippen LogP contribution in [0.25, 0.3) is 0 Å². The summed E-state index contributed by atoms with van der Waals surface area (Å²) in [7, 11) is 4.15. The molecule has 0 spiro atoms. The van der Waals surface area contributed by atoms with Gasteiger partial charge < -0.3 is 24.3 Å². The first-order chi connectivity index (χ1) is 13.9. The number of amides is 1. The molecule has 0 aromatic carbocycles. The molecule has 0 aliphatic heterocycles. The zero-order chi connectivity index (χ0) is 21.4. The average molecular weight is 404 g/mol. The molecule has 156 valence electrons. The third-order valence-corrected chi connectivity index (χ3v) is 4.22. The molecule has 0 bridgehead atoms. The molecular weight excluding hydrogens is 380 g/mol. The highest BCUT2D eigenvalue weighted by Crippen LogP contribution is 2.25. The molecule has 1 unspecified atom stereocenters. The molecule has 10 nitrogen and oxygen atoms in total. The van der Waals surface area contributed by atoms with E-state index in [1.54, 1.807) is 6.07 Å². The summed E-state index contributed by atoms with van der Waals surface area (Å²) in [4.78, 5) is 37.1. The number of esters is 1. The Morgan fingerprint density at radius 1 is 1.14 bits per heavy atom. The number of hydrogen-bond acceptors (Lipinski definition) is 9. The highest BCUT2D eigenvalue weighted by Gasteiger charge is 2.28. The van der Waals surface area contributed by atoms with Gasteiger partial charge in [0.2, 0.25) is 11.8 Å². The third-order valence-electron chi connectivity index (χ3n) is 4.22. The molecule has 29 heavy (non-hydrogen) atoms. The van der Waals surface area contributed by atoms with Gasteiger partial charge in [-0.1, -0.05) is 20.3 Å². The first kappa shape index (κ1) is 21.9. The Hall–Kier alpha value is -3.43. The van der Waals surface area contributed by atoms with Crippen molar-refractivity contribution < 1.29 is 28.5 Å². The van der Waals surface area contributed by atoms with Gasteiger partial charge in [0.05, 0.1) is 27.4 Å². The van der Waals surface area contributed by atoms with Crippen LogP contribution in [0, 0.1) is 5.92 Å². The van der Waals surface area contributed by atoms with Crippen molar-refractivity contribution >= 4 is 11.9 Å². The average Bonchev–Trinajstić information content (AvgIpc) is 2.76. The molecule has 10 heteroatoms. The lowest BCUT2D eigenvalue weighted by Gasteiger charge is -2.22. The van der Waals surface area contributed by atoms with E-state index in [9.17, 15) is 9.59 Å². The van der Waals surface area contributed by atoms with E-state index in [-0.39, 0.29) is 35.1 Å². The van der Waals surface area contributed by atoms with Crippen molar-refractivity contribution in [1.29, 1.82) is 0 Å². The van der Waals surface area contributed by atoms with Crippen LogP contribution in [0.4, 0.5) is 0 Å². The maximum atomic E-state index is 12.8. The first-order valence-corrected chi connectivity index (χ1v) is 8.92. The van der Waals surface area contributed by atoms with E-state index in [1.165, 1.54) is 39.7 Å². The second-order valence-corrected chi connectivity index (χ2v) is 6.05. The summed E-state index contributed by atoms with van der Waals surface area (Å²) in [6, 6.07) is 3.70. The van der Waals surface area contributed by atoms with E-state index < -0.39 is 17.9 Å². The fourth-order valence-corrected chi connectivity index (χ4v) is 2.39. The van der Waals surface area contributed by atoms with Crippen molar-refractivity contribution in [3.05, 3.63) is 30.1 Å². The molecular formula is C19H24N4O6. The van der Waals surface area contributed by atoms with Gasteiger partial charge in [-0.05, 0) is 18.1 Å². The highest BCUT2D eigenvalue weighted by atomic mass is 16.5. The van der Waals surface area contributed by atoms with Crippen LogP contribution in [-0.2, 0) is 9.53 Å². The van der Waals surface area contributed by atoms with Gasteiger partial charge in [0.15, 0.2) is 11.4 Å². The van der Waals surface area contributed by atoms with E-state index in [0.29, 0.717) is 6.42 Å². The van der Waals surface area contributed by atoms with Crippen molar-refractivity contribution in [3.8, 4) is 23.5 Å². The quantitative estimate of drug-likeness (QED) is 0.625. The molecule has 0 aliphatic carbocycles. The predicted octanol–water partition coefficient (Wildman–Crippen LogP) is 2.00. The van der Waals surface area contributed by atoms with E-state index >= 15 is 0 Å². The van der Waals surface area contributed by atoms with Gasteiger partial charge in [0.1, 0.15) is 6.04 Å². The van der Waals surface area contributed by atoms with Crippen LogP contribution in [0.15, 0.2) is 24.4 Å². The topological polar surface area (TPSA) is 122 Å². The molecule has 0 saturated carbocycles. The molecule has 0 radical (unpaired) electrons. The second kappa shape index (κ2) is 10.2. The van der Waals surface area contributed by atoms with Crippen LogP contribution in [-0.4, -0.2) is 54.2 Å². The monoisotopic (exact) mass is 404 g/mol. The Kier molecular flexibility index (Phi) is 7.70. The fourth-order valence-electron chi connectivity index (χ4n) is 2.39. The van der Waals surface area contributed by atoms with E-state index in [1.807, 2.05) is 13.8 Å². The Morgan fingerprint density at radius 3 is 2.34 bits per heavy atom. The SMILES string of the molecule is CCC(C)[C@H](NC(=O)c1ncccc1Oc1nc(OC)cc(OC)n1)C(=O)OC. The minimum atomic E-state index is -0.819. The zero-order valence-corrected chi connectivity index (χ0v) is 17.0. The van der Waals surface area contributed by atoms with Gasteiger partial charge in [-0.3, -0.25) is 4.79 Å². The summed E-state index contributed by atoms with van der Waals surface area (Å²) in [5.41, 5.74) is -0.0323. The molecule has 2 heterocycles. The van der Waals surface area contributed by atoms with E-state index in [0.717, 1.165) is 0 Å². The van der Waals surface area contributed by atoms with Gasteiger partial charge in [-0.25, -0.2) is 9.78 Å². The van der Waals surface area contributed by atoms with Crippen molar-refractivity contribution in [2.75, 3.05) is 21.3 Å². The summed E-state index contributed by atoms with van der Waals surface area (Å²) in [5.74, 6) is -0.704. The number of aromatic nitrogens is 3. The van der Waals surface area contributed by atoms with Crippen molar-refractivity contribution in [1.82, 2.24) is 20.3 Å². The zero-order valence-electron chi connectivity index (χ0n) is 17.0. The number of methoxy groups -OCH3 is 3. The van der Waals surface area contributed by atoms with Gasteiger partial charge >= 0.3 is 12.0 Å². The Morgan fingerprint density at radius 2 is 1.79 bits per heavy atom. The number of pyridine rings is 1. The smallest absolute Gasteiger partial charge is 0.328 e. The lowest BCUT2D eigenvalue weighted by molar-refractivity contribution is -0.144. The van der Waals surface area contributed by atoms with Crippen LogP contribution in [0.3, 0.4) is 0 Å². The number of rotatable bonds is 9. The molecule has 2 atom stereocenters. The predicted molar refractivity (Wildman–Crippen MR) is 102 cm³/mol. The van der Waals surface area contributed by atoms with Crippen LogP contribution in [0.5, 0.6) is 23.5 Å². The fraction of sp³-hybridized carbons (Fsp3) is 0.421. The van der Waals surface area contributed by atoms with Crippen LogP contribution >= 0.6 is 0 Å². The maximum Gasteiger partial charge on any atom is 0.328 e. The largest absolute Gasteiger partial charge is 0.481 e. The van der Waals surface area contributed by atoms with Crippen molar-refractivity contribution in [2.24, 2.45) is 5.92 Å². The van der Waals surface area contributed by atoms with Gasteiger partial charge in [-0.2, -0.15) is 9.97 Å². The lowest BCUT2D eigenvalue weighted by atomic mass is 9.99. The number of carbonyl (C=O) groups excluding carboxylic acids is 2. The van der Waals surface area contributed by atoms with E-state index in [4.69, 9.17) is 18.9 Å². The van der Waals surface area contributed by atoms with Crippen molar-refractivity contribution in [3.63, 3.8) is 0 Å². The summed E-state index contributed by atoms with van der Waals surface area (Å²) >= 11 is 0. The number of ether oxygens (including phenoxy) is 4. The number of carbonyl (C=O) groups is 2. The summed E-state index contributed by atoms with van der Waals surface area (Å²) in [6.07, 6.45) is 2.11. The van der Waals surface area contributed by atoms with Crippen molar-refractivity contribution in [2.45, 2.75) is 26.3 Å². The minimum Gasteiger partial charge on any atom is -0.481 e. The molecule has 0 aliphatic rings. The Balaban J connectivity index is 2.30. The Labute approximate surface area is 168 Å². The molecule has 2 rings (SSSR count). The molecule has 1 amide bonds. The normalized spacial score (nSPS) is 12.4. The number of nitrogens with zero attached hydrogens (tertiary/aromatic N) is 3. The van der Waals surface area contributed by atoms with Crippen LogP contribution in [0.2, 0.25) is 0 Å². The molecule has 0 fully saturated rings. The molecule has 2 aromatic rings. The first-order valence-electron chi connectivity index (χ1n) is 8.92. The van der Waals surface area contributed by atoms with Crippen LogP contribution < -0.4 is 19.5 Å². The number of hydrogen-bond donors (Lipinski definition) is 1. The maximum absolute atomic E-state index is 12.8. The summed E-state index contributed by atoms with van der Waals surface area (Å²) in [6.45, 7) is 3.75. The minimum absolute atomic E-state index is 0.0323. The van der Waals surface area contributed by atoms with Crippen LogP contribution in [0.1, 0.15) is 30.8 Å². The lowest BCUT2D eigenvalue weighted by Crippen LogP contribution is -2.46.